The van der Waals surface area contributed by atoms with Crippen molar-refractivity contribution >= 4 is 0 Å². The minimum absolute atomic E-state index is 0.0569. The maximum atomic E-state index is 5.90. The first-order chi connectivity index (χ1) is 9.96. The van der Waals surface area contributed by atoms with Crippen LogP contribution in [0.15, 0.2) is 18.2 Å². The maximum absolute atomic E-state index is 5.90. The summed E-state index contributed by atoms with van der Waals surface area (Å²) in [6.45, 7) is 12.2. The minimum atomic E-state index is -0.0569. The van der Waals surface area contributed by atoms with E-state index in [0.29, 0.717) is 0 Å². The van der Waals surface area contributed by atoms with Gasteiger partial charge in [0.1, 0.15) is 11.4 Å². The molecular formula is C18H29NO2. The molecule has 1 aliphatic heterocycles. The molecule has 1 N–H and O–H groups in total. The molecule has 118 valence electrons. The normalized spacial score (nSPS) is 16.0. The molecule has 3 heteroatoms. The first-order valence-electron chi connectivity index (χ1n) is 8.05. The number of fused-ring (bicyclic) bond motifs is 1. The van der Waals surface area contributed by atoms with Crippen molar-refractivity contribution in [3.8, 4) is 5.75 Å². The highest BCUT2D eigenvalue weighted by atomic mass is 16.5. The fourth-order valence-corrected chi connectivity index (χ4v) is 2.57. The summed E-state index contributed by atoms with van der Waals surface area (Å²) in [6.07, 6.45) is 2.13. The second-order valence-corrected chi connectivity index (χ2v) is 6.95. The van der Waals surface area contributed by atoms with Crippen LogP contribution in [0.4, 0.5) is 0 Å². The number of hydrogen-bond donors (Lipinski definition) is 1. The summed E-state index contributed by atoms with van der Waals surface area (Å²) in [7, 11) is 0. The van der Waals surface area contributed by atoms with E-state index in [-0.39, 0.29) is 5.60 Å². The molecule has 1 aliphatic rings. The van der Waals surface area contributed by atoms with E-state index in [4.69, 9.17) is 9.47 Å². The summed E-state index contributed by atoms with van der Waals surface area (Å²) in [4.78, 5) is 0. The fraction of sp³-hybridized carbons (Fsp3) is 0.667. The molecule has 1 aromatic carbocycles. The summed E-state index contributed by atoms with van der Waals surface area (Å²) < 4.78 is 11.5. The number of benzene rings is 1. The van der Waals surface area contributed by atoms with Crippen molar-refractivity contribution in [1.29, 1.82) is 0 Å². The zero-order chi connectivity index (χ0) is 15.3. The molecule has 0 aromatic heterocycles. The molecular weight excluding hydrogens is 262 g/mol. The van der Waals surface area contributed by atoms with E-state index < -0.39 is 0 Å². The average Bonchev–Trinajstić information content (AvgIpc) is 2.70. The van der Waals surface area contributed by atoms with E-state index in [0.717, 1.165) is 50.8 Å². The van der Waals surface area contributed by atoms with Crippen LogP contribution in [0, 0.1) is 5.92 Å². The van der Waals surface area contributed by atoms with Gasteiger partial charge in [-0.2, -0.15) is 0 Å². The van der Waals surface area contributed by atoms with Crippen LogP contribution in [0.25, 0.3) is 0 Å². The molecule has 0 atom stereocenters. The first-order valence-corrected chi connectivity index (χ1v) is 8.05. The van der Waals surface area contributed by atoms with E-state index in [1.165, 1.54) is 11.1 Å². The molecule has 0 unspecified atom stereocenters. The molecule has 0 aliphatic carbocycles. The minimum Gasteiger partial charge on any atom is -0.487 e. The van der Waals surface area contributed by atoms with E-state index in [1.54, 1.807) is 0 Å². The average molecular weight is 291 g/mol. The van der Waals surface area contributed by atoms with Gasteiger partial charge in [-0.15, -0.1) is 0 Å². The predicted octanol–water partition coefficient (Wildman–Crippen LogP) is 3.55. The Morgan fingerprint density at radius 3 is 2.86 bits per heavy atom. The molecule has 2 rings (SSSR count). The maximum Gasteiger partial charge on any atom is 0.123 e. The second kappa shape index (κ2) is 7.28. The largest absolute Gasteiger partial charge is 0.487 e. The van der Waals surface area contributed by atoms with Gasteiger partial charge in [0, 0.05) is 26.1 Å². The lowest BCUT2D eigenvalue weighted by molar-refractivity contribution is 0.125. The molecule has 1 heterocycles. The molecule has 0 saturated carbocycles. The van der Waals surface area contributed by atoms with Gasteiger partial charge >= 0.3 is 0 Å². The van der Waals surface area contributed by atoms with Crippen LogP contribution in [0.3, 0.4) is 0 Å². The summed E-state index contributed by atoms with van der Waals surface area (Å²) in [5.74, 6) is 1.76. The lowest BCUT2D eigenvalue weighted by atomic mass is 10.0. The third-order valence-corrected chi connectivity index (χ3v) is 3.72. The van der Waals surface area contributed by atoms with Crippen molar-refractivity contribution in [1.82, 2.24) is 5.32 Å². The predicted molar refractivity (Wildman–Crippen MR) is 86.8 cm³/mol. The highest BCUT2D eigenvalue weighted by Gasteiger charge is 2.29. The van der Waals surface area contributed by atoms with Gasteiger partial charge < -0.3 is 14.8 Å². The van der Waals surface area contributed by atoms with Gasteiger partial charge in [-0.05, 0) is 43.4 Å². The van der Waals surface area contributed by atoms with Gasteiger partial charge in [-0.25, -0.2) is 0 Å². The van der Waals surface area contributed by atoms with Crippen molar-refractivity contribution in [3.05, 3.63) is 29.3 Å². The zero-order valence-corrected chi connectivity index (χ0v) is 13.9. The highest BCUT2D eigenvalue weighted by molar-refractivity contribution is 5.41. The van der Waals surface area contributed by atoms with Gasteiger partial charge in [0.05, 0.1) is 6.61 Å². The van der Waals surface area contributed by atoms with Crippen molar-refractivity contribution in [2.24, 2.45) is 5.92 Å². The summed E-state index contributed by atoms with van der Waals surface area (Å²) in [5, 5.41) is 3.44. The number of rotatable bonds is 8. The molecule has 0 saturated heterocycles. The molecule has 0 amide bonds. The van der Waals surface area contributed by atoms with Gasteiger partial charge in [0.15, 0.2) is 0 Å². The van der Waals surface area contributed by atoms with Crippen LogP contribution in [0.1, 0.15) is 45.2 Å². The Morgan fingerprint density at radius 2 is 2.10 bits per heavy atom. The summed E-state index contributed by atoms with van der Waals surface area (Å²) >= 11 is 0. The Morgan fingerprint density at radius 1 is 1.29 bits per heavy atom. The van der Waals surface area contributed by atoms with E-state index >= 15 is 0 Å². The van der Waals surface area contributed by atoms with Crippen LogP contribution in [-0.4, -0.2) is 25.4 Å². The summed E-state index contributed by atoms with van der Waals surface area (Å²) in [6, 6.07) is 6.50. The van der Waals surface area contributed by atoms with Crippen LogP contribution in [0.5, 0.6) is 5.75 Å². The van der Waals surface area contributed by atoms with Crippen molar-refractivity contribution < 1.29 is 9.47 Å². The van der Waals surface area contributed by atoms with E-state index in [9.17, 15) is 0 Å². The van der Waals surface area contributed by atoms with Gasteiger partial charge in [0.2, 0.25) is 0 Å². The topological polar surface area (TPSA) is 30.5 Å². The Hall–Kier alpha value is -1.06. The molecule has 1 aromatic rings. The highest BCUT2D eigenvalue weighted by Crippen LogP contribution is 2.35. The van der Waals surface area contributed by atoms with E-state index in [2.05, 4.69) is 51.2 Å². The van der Waals surface area contributed by atoms with Crippen LogP contribution in [0.2, 0.25) is 0 Å². The quantitative estimate of drug-likeness (QED) is 0.743. The van der Waals surface area contributed by atoms with Gasteiger partial charge in [0.25, 0.3) is 0 Å². The third kappa shape index (κ3) is 5.33. The summed E-state index contributed by atoms with van der Waals surface area (Å²) in [5.41, 5.74) is 2.59. The number of ether oxygens (including phenoxy) is 2. The molecule has 21 heavy (non-hydrogen) atoms. The van der Waals surface area contributed by atoms with Gasteiger partial charge in [-0.1, -0.05) is 26.0 Å². The smallest absolute Gasteiger partial charge is 0.123 e. The van der Waals surface area contributed by atoms with Crippen LogP contribution >= 0.6 is 0 Å². The Kier molecular flexibility index (Phi) is 5.65. The molecule has 0 radical (unpaired) electrons. The lowest BCUT2D eigenvalue weighted by Gasteiger charge is -2.16. The van der Waals surface area contributed by atoms with E-state index in [1.807, 2.05) is 0 Å². The van der Waals surface area contributed by atoms with Crippen LogP contribution in [-0.2, 0) is 17.7 Å². The number of nitrogens with one attached hydrogen (secondary N) is 1. The SMILES string of the molecule is CC(C)CCOCCNCc1ccc2c(c1)CC(C)(C)O2. The monoisotopic (exact) mass is 291 g/mol. The molecule has 0 bridgehead atoms. The van der Waals surface area contributed by atoms with Gasteiger partial charge in [-0.3, -0.25) is 0 Å². The molecule has 3 nitrogen and oxygen atoms in total. The second-order valence-electron chi connectivity index (χ2n) is 6.95. The Balaban J connectivity index is 1.66. The first kappa shape index (κ1) is 16.3. The lowest BCUT2D eigenvalue weighted by Crippen LogP contribution is -2.24. The van der Waals surface area contributed by atoms with Crippen molar-refractivity contribution in [3.63, 3.8) is 0 Å². The zero-order valence-electron chi connectivity index (χ0n) is 13.9. The van der Waals surface area contributed by atoms with Crippen molar-refractivity contribution in [2.45, 2.75) is 52.7 Å². The number of hydrogen-bond acceptors (Lipinski definition) is 3. The Labute approximate surface area is 129 Å². The molecule has 0 fully saturated rings. The fourth-order valence-electron chi connectivity index (χ4n) is 2.57. The third-order valence-electron chi connectivity index (χ3n) is 3.72. The standard InChI is InChI=1S/C18H29NO2/c1-14(2)7-9-20-10-8-19-13-15-5-6-17-16(11-15)12-18(3,4)21-17/h5-6,11,14,19H,7-10,12-13H2,1-4H3. The van der Waals surface area contributed by atoms with Crippen molar-refractivity contribution in [2.75, 3.05) is 19.8 Å². The molecule has 0 spiro atoms. The van der Waals surface area contributed by atoms with Crippen LogP contribution < -0.4 is 10.1 Å². The Bertz CT molecular complexity index is 455.